The van der Waals surface area contributed by atoms with Crippen molar-refractivity contribution in [3.05, 3.63) is 70.6 Å². The van der Waals surface area contributed by atoms with E-state index in [0.29, 0.717) is 24.1 Å². The molecule has 1 atom stereocenters. The summed E-state index contributed by atoms with van der Waals surface area (Å²) in [5, 5.41) is 2.54. The third-order valence-corrected chi connectivity index (χ3v) is 6.50. The van der Waals surface area contributed by atoms with Gasteiger partial charge in [0.05, 0.1) is 18.2 Å². The van der Waals surface area contributed by atoms with Gasteiger partial charge < -0.3 is 9.64 Å². The van der Waals surface area contributed by atoms with E-state index in [1.165, 1.54) is 35.5 Å². The van der Waals surface area contributed by atoms with E-state index in [0.717, 1.165) is 22.2 Å². The summed E-state index contributed by atoms with van der Waals surface area (Å²) in [6.07, 6.45) is -4.21. The Kier molecular flexibility index (Phi) is 5.05. The van der Waals surface area contributed by atoms with E-state index in [-0.39, 0.29) is 12.3 Å². The lowest BCUT2D eigenvalue weighted by atomic mass is 9.78. The number of hydrogen-bond donors (Lipinski definition) is 0. The van der Waals surface area contributed by atoms with Crippen molar-refractivity contribution in [1.82, 2.24) is 4.90 Å². The molecule has 4 rings (SSSR count). The molecule has 0 spiro atoms. The predicted octanol–water partition coefficient (Wildman–Crippen LogP) is 4.92. The first kappa shape index (κ1) is 20.4. The van der Waals surface area contributed by atoms with Crippen molar-refractivity contribution in [2.24, 2.45) is 0 Å². The fourth-order valence-electron chi connectivity index (χ4n) is 3.93. The Morgan fingerprint density at radius 2 is 1.93 bits per heavy atom. The van der Waals surface area contributed by atoms with E-state index in [4.69, 9.17) is 4.74 Å². The Morgan fingerprint density at radius 3 is 2.60 bits per heavy atom. The zero-order valence-electron chi connectivity index (χ0n) is 16.0. The van der Waals surface area contributed by atoms with Crippen molar-refractivity contribution in [2.45, 2.75) is 24.6 Å². The van der Waals surface area contributed by atoms with Gasteiger partial charge in [-0.3, -0.25) is 4.79 Å². The molecule has 0 radical (unpaired) electrons. The highest BCUT2D eigenvalue weighted by atomic mass is 32.1. The van der Waals surface area contributed by atoms with E-state index in [2.05, 4.69) is 0 Å². The van der Waals surface area contributed by atoms with Crippen LogP contribution in [0.4, 0.5) is 13.2 Å². The molecule has 1 aliphatic heterocycles. The summed E-state index contributed by atoms with van der Waals surface area (Å²) in [5.74, 6) is -0.949. The third kappa shape index (κ3) is 3.35. The second-order valence-electron chi connectivity index (χ2n) is 7.25. The number of nitrogens with zero attached hydrogens (tertiary/aromatic N) is 1. The van der Waals surface area contributed by atoms with Crippen LogP contribution in [-0.4, -0.2) is 36.0 Å². The van der Waals surface area contributed by atoms with Gasteiger partial charge in [-0.05, 0) is 24.1 Å². The van der Waals surface area contributed by atoms with Crippen LogP contribution in [0, 0.1) is 0 Å². The maximum atomic E-state index is 13.3. The van der Waals surface area contributed by atoms with Gasteiger partial charge in [0, 0.05) is 28.4 Å². The van der Waals surface area contributed by atoms with Crippen molar-refractivity contribution in [2.75, 3.05) is 13.7 Å². The smallest absolute Gasteiger partial charge is 0.416 e. The van der Waals surface area contributed by atoms with Crippen molar-refractivity contribution >= 4 is 33.3 Å². The highest BCUT2D eigenvalue weighted by molar-refractivity contribution is 7.17. The third-order valence-electron chi connectivity index (χ3n) is 5.54. The number of carbonyl (C=O) groups excluding carboxylic acids is 2. The van der Waals surface area contributed by atoms with Gasteiger partial charge in [0.1, 0.15) is 5.54 Å². The summed E-state index contributed by atoms with van der Waals surface area (Å²) >= 11 is 1.43. The number of fused-ring (bicyclic) bond motifs is 1. The quantitative estimate of drug-likeness (QED) is 0.549. The molecule has 8 heteroatoms. The van der Waals surface area contributed by atoms with Crippen LogP contribution in [0.1, 0.15) is 27.9 Å². The van der Waals surface area contributed by atoms with Gasteiger partial charge in [-0.15, -0.1) is 11.3 Å². The van der Waals surface area contributed by atoms with Gasteiger partial charge in [0.25, 0.3) is 5.91 Å². The number of esters is 1. The van der Waals surface area contributed by atoms with E-state index in [1.54, 1.807) is 5.38 Å². The number of amides is 1. The Balaban J connectivity index is 1.69. The highest BCUT2D eigenvalue weighted by Crippen LogP contribution is 2.39. The molecule has 1 unspecified atom stereocenters. The molecule has 0 bridgehead atoms. The molecule has 3 aromatic rings. The van der Waals surface area contributed by atoms with Gasteiger partial charge >= 0.3 is 12.1 Å². The highest BCUT2D eigenvalue weighted by Gasteiger charge is 2.54. The number of rotatable bonds is 4. The Bertz CT molecular complexity index is 1120. The van der Waals surface area contributed by atoms with Crippen LogP contribution in [0.2, 0.25) is 0 Å². The van der Waals surface area contributed by atoms with Crippen molar-refractivity contribution in [3.8, 4) is 0 Å². The molecule has 0 aliphatic carbocycles. The summed E-state index contributed by atoms with van der Waals surface area (Å²) in [4.78, 5) is 27.4. The summed E-state index contributed by atoms with van der Waals surface area (Å²) in [7, 11) is 1.22. The molecule has 1 fully saturated rings. The number of ether oxygens (including phenoxy) is 1. The minimum Gasteiger partial charge on any atom is -0.467 e. The van der Waals surface area contributed by atoms with E-state index >= 15 is 0 Å². The molecule has 0 saturated carbocycles. The van der Waals surface area contributed by atoms with Gasteiger partial charge in [-0.2, -0.15) is 13.2 Å². The first-order chi connectivity index (χ1) is 14.3. The van der Waals surface area contributed by atoms with E-state index in [1.807, 2.05) is 24.3 Å². The number of benzene rings is 2. The Hall–Kier alpha value is -2.87. The van der Waals surface area contributed by atoms with Crippen LogP contribution >= 0.6 is 11.3 Å². The monoisotopic (exact) mass is 433 g/mol. The molecule has 2 heterocycles. The zero-order chi connectivity index (χ0) is 21.5. The number of halogens is 3. The minimum absolute atomic E-state index is 0.0442. The van der Waals surface area contributed by atoms with Crippen LogP contribution in [0.15, 0.2) is 53.9 Å². The molecule has 1 aliphatic rings. The number of likely N-dealkylation sites (tertiary alicyclic amines) is 1. The average molecular weight is 433 g/mol. The summed E-state index contributed by atoms with van der Waals surface area (Å²) in [6.45, 7) is 0.330. The van der Waals surface area contributed by atoms with Crippen LogP contribution in [-0.2, 0) is 22.1 Å². The summed E-state index contributed by atoms with van der Waals surface area (Å²) in [6, 6.07) is 12.3. The minimum atomic E-state index is -4.49. The summed E-state index contributed by atoms with van der Waals surface area (Å²) in [5.41, 5.74) is -1.31. The number of hydrogen-bond acceptors (Lipinski definition) is 4. The molecule has 1 saturated heterocycles. The maximum Gasteiger partial charge on any atom is 0.416 e. The second kappa shape index (κ2) is 7.43. The number of alkyl halides is 3. The van der Waals surface area contributed by atoms with Crippen LogP contribution in [0.5, 0.6) is 0 Å². The van der Waals surface area contributed by atoms with Crippen LogP contribution < -0.4 is 0 Å². The first-order valence-corrected chi connectivity index (χ1v) is 10.2. The SMILES string of the molecule is COC(=O)C1(Cc2cccc(C(F)(F)F)c2)CCN1C(=O)c1csc2ccccc12. The normalized spacial score (nSPS) is 18.9. The van der Waals surface area contributed by atoms with Gasteiger partial charge in [-0.1, -0.05) is 36.4 Å². The molecular formula is C22H18F3NO3S. The molecule has 0 N–H and O–H groups in total. The number of carbonyl (C=O) groups is 2. The number of methoxy groups -OCH3 is 1. The largest absolute Gasteiger partial charge is 0.467 e. The lowest BCUT2D eigenvalue weighted by Gasteiger charge is -2.50. The van der Waals surface area contributed by atoms with Gasteiger partial charge in [-0.25, -0.2) is 4.79 Å². The lowest BCUT2D eigenvalue weighted by Crippen LogP contribution is -2.68. The van der Waals surface area contributed by atoms with Crippen LogP contribution in [0.3, 0.4) is 0 Å². The van der Waals surface area contributed by atoms with Crippen molar-refractivity contribution in [3.63, 3.8) is 0 Å². The molecular weight excluding hydrogens is 415 g/mol. The molecule has 4 nitrogen and oxygen atoms in total. The number of thiophene rings is 1. The van der Waals surface area contributed by atoms with E-state index in [9.17, 15) is 22.8 Å². The second-order valence-corrected chi connectivity index (χ2v) is 8.16. The maximum absolute atomic E-state index is 13.3. The first-order valence-electron chi connectivity index (χ1n) is 9.29. The Morgan fingerprint density at radius 1 is 1.17 bits per heavy atom. The molecule has 2 aromatic carbocycles. The molecule has 30 heavy (non-hydrogen) atoms. The molecule has 156 valence electrons. The van der Waals surface area contributed by atoms with Gasteiger partial charge in [0.2, 0.25) is 0 Å². The summed E-state index contributed by atoms with van der Waals surface area (Å²) < 4.78 is 45.2. The van der Waals surface area contributed by atoms with E-state index < -0.39 is 23.2 Å². The predicted molar refractivity (Wildman–Crippen MR) is 107 cm³/mol. The topological polar surface area (TPSA) is 46.6 Å². The Labute approximate surface area is 174 Å². The fourth-order valence-corrected chi connectivity index (χ4v) is 4.87. The fraction of sp³-hybridized carbons (Fsp3) is 0.273. The standard InChI is InChI=1S/C22H18F3NO3S/c1-29-20(28)21(12-14-5-4-6-15(11-14)22(23,24)25)9-10-26(21)19(27)17-13-30-18-8-3-2-7-16(17)18/h2-8,11,13H,9-10,12H2,1H3. The average Bonchev–Trinajstić information content (AvgIpc) is 3.14. The lowest BCUT2D eigenvalue weighted by molar-refractivity contribution is -0.161. The molecule has 1 aromatic heterocycles. The van der Waals surface area contributed by atoms with Crippen molar-refractivity contribution in [1.29, 1.82) is 0 Å². The zero-order valence-corrected chi connectivity index (χ0v) is 16.8. The van der Waals surface area contributed by atoms with Crippen LogP contribution in [0.25, 0.3) is 10.1 Å². The molecule has 1 amide bonds. The van der Waals surface area contributed by atoms with Gasteiger partial charge in [0.15, 0.2) is 0 Å². The van der Waals surface area contributed by atoms with Crippen molar-refractivity contribution < 1.29 is 27.5 Å².